The molecular weight excluding hydrogens is 518 g/mol. The van der Waals surface area contributed by atoms with Crippen molar-refractivity contribution in [3.63, 3.8) is 0 Å². The number of aryl methyl sites for hydroxylation is 1. The van der Waals surface area contributed by atoms with Gasteiger partial charge in [0.05, 0.1) is 39.4 Å². The molecular formula is C29H32F2N6OS. The zero-order valence-corrected chi connectivity index (χ0v) is 23.4. The monoisotopic (exact) mass is 550 g/mol. The number of pyridine rings is 1. The zero-order valence-electron chi connectivity index (χ0n) is 22.5. The van der Waals surface area contributed by atoms with Gasteiger partial charge in [-0.15, -0.1) is 0 Å². The van der Waals surface area contributed by atoms with Gasteiger partial charge < -0.3 is 4.90 Å². The topological polar surface area (TPSA) is 75.4 Å². The number of anilines is 1. The number of nitrogens with zero attached hydrogens (tertiary/aromatic N) is 5. The number of rotatable bonds is 4. The molecule has 204 valence electrons. The van der Waals surface area contributed by atoms with Crippen LogP contribution >= 0.6 is 0 Å². The third-order valence-corrected chi connectivity index (χ3v) is 9.68. The van der Waals surface area contributed by atoms with Crippen molar-refractivity contribution in [2.75, 3.05) is 18.0 Å². The zero-order chi connectivity index (χ0) is 27.5. The first-order chi connectivity index (χ1) is 18.6. The molecule has 4 aromatic rings. The maximum absolute atomic E-state index is 14.8. The second kappa shape index (κ2) is 9.45. The number of hydrogen-bond donors (Lipinski definition) is 1. The van der Waals surface area contributed by atoms with Gasteiger partial charge in [0.25, 0.3) is 0 Å². The Morgan fingerprint density at radius 3 is 2.59 bits per heavy atom. The number of benzene rings is 1. The average Bonchev–Trinajstić information content (AvgIpc) is 3.49. The summed E-state index contributed by atoms with van der Waals surface area (Å²) in [5, 5.41) is 4.46. The molecule has 7 nitrogen and oxygen atoms in total. The lowest BCUT2D eigenvalue weighted by Crippen LogP contribution is -2.48. The Labute approximate surface area is 229 Å². The van der Waals surface area contributed by atoms with Crippen molar-refractivity contribution >= 4 is 22.3 Å². The Bertz CT molecular complexity index is 1590. The van der Waals surface area contributed by atoms with E-state index in [-0.39, 0.29) is 21.8 Å². The summed E-state index contributed by atoms with van der Waals surface area (Å²) < 4.78 is 46.7. The van der Waals surface area contributed by atoms with Crippen molar-refractivity contribution in [2.45, 2.75) is 57.7 Å². The van der Waals surface area contributed by atoms with E-state index in [1.165, 1.54) is 6.07 Å². The lowest BCUT2D eigenvalue weighted by Gasteiger charge is -2.44. The second-order valence-electron chi connectivity index (χ2n) is 11.6. The summed E-state index contributed by atoms with van der Waals surface area (Å²) in [6.45, 7) is 9.24. The molecule has 2 aliphatic rings. The first-order valence-electron chi connectivity index (χ1n) is 13.2. The normalized spacial score (nSPS) is 19.5. The maximum Gasteiger partial charge on any atom is 0.168 e. The average molecular weight is 551 g/mol. The molecule has 1 aliphatic carbocycles. The second-order valence-corrected chi connectivity index (χ2v) is 13.6. The fourth-order valence-corrected chi connectivity index (χ4v) is 6.97. The molecule has 0 saturated carbocycles. The van der Waals surface area contributed by atoms with Crippen molar-refractivity contribution in [3.8, 4) is 11.3 Å². The Balaban J connectivity index is 1.32. The van der Waals surface area contributed by atoms with Crippen molar-refractivity contribution in [2.24, 2.45) is 5.41 Å². The minimum absolute atomic E-state index is 0.0496. The van der Waals surface area contributed by atoms with Crippen LogP contribution in [0.5, 0.6) is 0 Å². The number of nitrogens with one attached hydrogen (secondary N) is 1. The Hall–Kier alpha value is -3.24. The van der Waals surface area contributed by atoms with Crippen LogP contribution in [0.3, 0.4) is 0 Å². The van der Waals surface area contributed by atoms with E-state index in [0.29, 0.717) is 11.4 Å². The highest BCUT2D eigenvalue weighted by Crippen LogP contribution is 2.52. The van der Waals surface area contributed by atoms with Crippen molar-refractivity contribution in [1.29, 1.82) is 0 Å². The fraction of sp³-hybridized carbons (Fsp3) is 0.414. The number of piperidine rings is 1. The summed E-state index contributed by atoms with van der Waals surface area (Å²) in [5.74, 6) is -1.04. The van der Waals surface area contributed by atoms with Gasteiger partial charge in [-0.25, -0.2) is 27.2 Å². The van der Waals surface area contributed by atoms with Crippen LogP contribution in [0.25, 0.3) is 16.8 Å². The van der Waals surface area contributed by atoms with Gasteiger partial charge in [0.1, 0.15) is 5.52 Å². The molecule has 3 aromatic heterocycles. The summed E-state index contributed by atoms with van der Waals surface area (Å²) in [5.41, 5.74) is 3.99. The molecule has 0 bridgehead atoms. The highest BCUT2D eigenvalue weighted by atomic mass is 32.2. The standard InChI is InChI=1S/C29H32F2N6OS/c1-18-25(20-7-5-9-21(30)24(20)31)37-23(10-14-33-37)27(34-18)36-15-11-29(12-16-36)17-22-19(8-6-13-32-22)26(29)35-39(38)28(2,3)4/h5-10,13-14,26,35H,11-12,15-17H2,1-4H3/t26-,39?/m1/s1. The maximum atomic E-state index is 14.8. The van der Waals surface area contributed by atoms with Gasteiger partial charge in [0.2, 0.25) is 0 Å². The Morgan fingerprint density at radius 2 is 1.85 bits per heavy atom. The van der Waals surface area contributed by atoms with Crippen molar-refractivity contribution in [3.05, 3.63) is 77.4 Å². The Kier molecular flexibility index (Phi) is 6.30. The molecule has 1 saturated heterocycles. The third-order valence-electron chi connectivity index (χ3n) is 8.11. The molecule has 1 fully saturated rings. The quantitative estimate of drug-likeness (QED) is 0.373. The van der Waals surface area contributed by atoms with E-state index in [1.807, 2.05) is 39.1 Å². The smallest absolute Gasteiger partial charge is 0.168 e. The lowest BCUT2D eigenvalue weighted by molar-refractivity contribution is 0.177. The minimum atomic E-state index is -1.22. The summed E-state index contributed by atoms with van der Waals surface area (Å²) in [4.78, 5) is 11.8. The predicted molar refractivity (Wildman–Crippen MR) is 149 cm³/mol. The van der Waals surface area contributed by atoms with Crippen LogP contribution in [-0.2, 0) is 17.4 Å². The van der Waals surface area contributed by atoms with Crippen LogP contribution in [0.1, 0.15) is 56.6 Å². The van der Waals surface area contributed by atoms with Crippen LogP contribution in [0.15, 0.2) is 48.8 Å². The number of hydrogen-bond acceptors (Lipinski definition) is 5. The van der Waals surface area contributed by atoms with E-state index in [4.69, 9.17) is 4.98 Å². The highest BCUT2D eigenvalue weighted by molar-refractivity contribution is 7.84. The van der Waals surface area contributed by atoms with Crippen LogP contribution < -0.4 is 9.62 Å². The molecule has 1 aromatic carbocycles. The van der Waals surface area contributed by atoms with Crippen molar-refractivity contribution < 1.29 is 13.0 Å². The van der Waals surface area contributed by atoms with Gasteiger partial charge in [-0.1, -0.05) is 12.1 Å². The summed E-state index contributed by atoms with van der Waals surface area (Å²) >= 11 is 0. The molecule has 1 unspecified atom stereocenters. The largest absolute Gasteiger partial charge is 0.355 e. The molecule has 4 heterocycles. The SMILES string of the molecule is Cc1nc(N2CCC3(CC2)Cc2ncccc2[C@H]3NS(=O)C(C)(C)C)c2ccnn2c1-c1cccc(F)c1F. The number of aromatic nitrogens is 4. The lowest BCUT2D eigenvalue weighted by atomic mass is 9.73. The van der Waals surface area contributed by atoms with Crippen LogP contribution in [0.2, 0.25) is 0 Å². The number of halogens is 2. The van der Waals surface area contributed by atoms with E-state index in [1.54, 1.807) is 23.7 Å². The minimum Gasteiger partial charge on any atom is -0.355 e. The summed E-state index contributed by atoms with van der Waals surface area (Å²) in [6.07, 6.45) is 6.06. The van der Waals surface area contributed by atoms with E-state index in [2.05, 4.69) is 25.8 Å². The molecule has 2 atom stereocenters. The fourth-order valence-electron chi connectivity index (χ4n) is 6.03. The predicted octanol–water partition coefficient (Wildman–Crippen LogP) is 5.31. The van der Waals surface area contributed by atoms with Crippen LogP contribution in [-0.4, -0.2) is 41.6 Å². The van der Waals surface area contributed by atoms with Crippen LogP contribution in [0, 0.1) is 24.0 Å². The van der Waals surface area contributed by atoms with Gasteiger partial charge >= 0.3 is 0 Å². The first kappa shape index (κ1) is 26.0. The molecule has 1 N–H and O–H groups in total. The summed E-state index contributed by atoms with van der Waals surface area (Å²) in [6, 6.07) is 10.0. The molecule has 0 amide bonds. The molecule has 39 heavy (non-hydrogen) atoms. The van der Waals surface area contributed by atoms with Gasteiger partial charge in [0.15, 0.2) is 17.5 Å². The van der Waals surface area contributed by atoms with Crippen LogP contribution in [0.4, 0.5) is 14.6 Å². The third kappa shape index (κ3) is 4.34. The highest BCUT2D eigenvalue weighted by Gasteiger charge is 2.49. The Morgan fingerprint density at radius 1 is 1.08 bits per heavy atom. The van der Waals surface area contributed by atoms with Gasteiger partial charge in [-0.05, 0) is 82.2 Å². The van der Waals surface area contributed by atoms with E-state index >= 15 is 0 Å². The molecule has 6 rings (SSSR count). The molecule has 10 heteroatoms. The van der Waals surface area contributed by atoms with Gasteiger partial charge in [0, 0.05) is 30.5 Å². The van der Waals surface area contributed by atoms with Gasteiger partial charge in [-0.2, -0.15) is 5.10 Å². The van der Waals surface area contributed by atoms with E-state index in [0.717, 1.165) is 61.0 Å². The van der Waals surface area contributed by atoms with Gasteiger partial charge in [-0.3, -0.25) is 4.98 Å². The van der Waals surface area contributed by atoms with Crippen molar-refractivity contribution in [1.82, 2.24) is 24.3 Å². The number of fused-ring (bicyclic) bond motifs is 2. The van der Waals surface area contributed by atoms with E-state index < -0.39 is 22.6 Å². The first-order valence-corrected chi connectivity index (χ1v) is 14.4. The van der Waals surface area contributed by atoms with E-state index in [9.17, 15) is 13.0 Å². The molecule has 1 aliphatic heterocycles. The summed E-state index contributed by atoms with van der Waals surface area (Å²) in [7, 11) is -1.22. The molecule has 0 radical (unpaired) electrons. The molecule has 1 spiro atoms.